The largest absolute Gasteiger partial charge is 0.493 e. The topological polar surface area (TPSA) is 71.3 Å². The highest BCUT2D eigenvalue weighted by Gasteiger charge is 2.13. The Morgan fingerprint density at radius 2 is 1.96 bits per heavy atom. The minimum Gasteiger partial charge on any atom is -0.493 e. The Balaban J connectivity index is 2.31. The summed E-state index contributed by atoms with van der Waals surface area (Å²) in [5.74, 6) is 0.635. The van der Waals surface area contributed by atoms with E-state index in [1.807, 2.05) is 32.0 Å². The number of ether oxygens (including phenoxy) is 2. The van der Waals surface area contributed by atoms with Gasteiger partial charge in [-0.25, -0.2) is 0 Å². The van der Waals surface area contributed by atoms with Crippen LogP contribution in [0.4, 0.5) is 5.69 Å². The first kappa shape index (κ1) is 19.5. The molecule has 134 valence electrons. The SMILES string of the molecule is CCOc1cc(Br)c(/C=C(/C#N)C(=O)Nc2ccc(C)cc2)cc1OC. The molecule has 2 aromatic carbocycles. The molecule has 1 amide bonds. The number of aryl methyl sites for hydroxylation is 1. The molecule has 0 heterocycles. The number of nitrogens with one attached hydrogen (secondary N) is 1. The van der Waals surface area contributed by atoms with Crippen LogP contribution in [0.25, 0.3) is 6.08 Å². The van der Waals surface area contributed by atoms with Crippen molar-refractivity contribution in [2.24, 2.45) is 0 Å². The molecule has 0 saturated heterocycles. The lowest BCUT2D eigenvalue weighted by molar-refractivity contribution is -0.112. The van der Waals surface area contributed by atoms with E-state index < -0.39 is 5.91 Å². The molecular formula is C20H19BrN2O3. The number of halogens is 1. The number of nitriles is 1. The van der Waals surface area contributed by atoms with Gasteiger partial charge in [-0.15, -0.1) is 0 Å². The molecule has 0 spiro atoms. The maximum atomic E-state index is 12.4. The van der Waals surface area contributed by atoms with Gasteiger partial charge in [-0.2, -0.15) is 5.26 Å². The lowest BCUT2D eigenvalue weighted by Crippen LogP contribution is -2.13. The molecule has 26 heavy (non-hydrogen) atoms. The number of methoxy groups -OCH3 is 1. The van der Waals surface area contributed by atoms with Crippen molar-refractivity contribution >= 4 is 33.6 Å². The van der Waals surface area contributed by atoms with E-state index in [4.69, 9.17) is 9.47 Å². The monoisotopic (exact) mass is 414 g/mol. The van der Waals surface area contributed by atoms with Crippen LogP contribution < -0.4 is 14.8 Å². The Morgan fingerprint density at radius 3 is 2.54 bits per heavy atom. The third-order valence-corrected chi connectivity index (χ3v) is 4.24. The number of carbonyl (C=O) groups is 1. The number of hydrogen-bond donors (Lipinski definition) is 1. The summed E-state index contributed by atoms with van der Waals surface area (Å²) < 4.78 is 11.5. The average Bonchev–Trinajstić information content (AvgIpc) is 2.63. The van der Waals surface area contributed by atoms with Crippen LogP contribution >= 0.6 is 15.9 Å². The van der Waals surface area contributed by atoms with E-state index in [1.54, 1.807) is 24.3 Å². The van der Waals surface area contributed by atoms with Crippen LogP contribution in [0.3, 0.4) is 0 Å². The number of hydrogen-bond acceptors (Lipinski definition) is 4. The molecule has 0 fully saturated rings. The number of rotatable bonds is 6. The van der Waals surface area contributed by atoms with Gasteiger partial charge < -0.3 is 14.8 Å². The number of nitrogens with zero attached hydrogens (tertiary/aromatic N) is 1. The molecule has 5 nitrogen and oxygen atoms in total. The highest BCUT2D eigenvalue weighted by atomic mass is 79.9. The van der Waals surface area contributed by atoms with E-state index in [-0.39, 0.29) is 5.57 Å². The Bertz CT molecular complexity index is 868. The molecular weight excluding hydrogens is 396 g/mol. The van der Waals surface area contributed by atoms with Crippen molar-refractivity contribution in [2.75, 3.05) is 19.0 Å². The first-order valence-electron chi connectivity index (χ1n) is 7.98. The van der Waals surface area contributed by atoms with Crippen molar-refractivity contribution < 1.29 is 14.3 Å². The summed E-state index contributed by atoms with van der Waals surface area (Å²) in [5, 5.41) is 12.1. The van der Waals surface area contributed by atoms with Gasteiger partial charge in [0.2, 0.25) is 0 Å². The number of carbonyl (C=O) groups excluding carboxylic acids is 1. The third kappa shape index (κ3) is 4.87. The van der Waals surface area contributed by atoms with Gasteiger partial charge in [0.15, 0.2) is 11.5 Å². The van der Waals surface area contributed by atoms with Crippen molar-refractivity contribution in [3.63, 3.8) is 0 Å². The van der Waals surface area contributed by atoms with Crippen LogP contribution in [0, 0.1) is 18.3 Å². The van der Waals surface area contributed by atoms with E-state index in [2.05, 4.69) is 21.2 Å². The summed E-state index contributed by atoms with van der Waals surface area (Å²) in [6, 6.07) is 12.8. The van der Waals surface area contributed by atoms with E-state index in [0.29, 0.717) is 33.8 Å². The summed E-state index contributed by atoms with van der Waals surface area (Å²) in [6.07, 6.45) is 1.51. The summed E-state index contributed by atoms with van der Waals surface area (Å²) >= 11 is 3.44. The smallest absolute Gasteiger partial charge is 0.266 e. The summed E-state index contributed by atoms with van der Waals surface area (Å²) in [6.45, 7) is 4.34. The van der Waals surface area contributed by atoms with Crippen molar-refractivity contribution in [3.05, 3.63) is 57.6 Å². The molecule has 0 atom stereocenters. The maximum absolute atomic E-state index is 12.4. The second-order valence-electron chi connectivity index (χ2n) is 5.45. The molecule has 1 N–H and O–H groups in total. The van der Waals surface area contributed by atoms with Crippen molar-refractivity contribution in [3.8, 4) is 17.6 Å². The minimum atomic E-state index is -0.476. The fraction of sp³-hybridized carbons (Fsp3) is 0.200. The molecule has 0 unspecified atom stereocenters. The van der Waals surface area contributed by atoms with Gasteiger partial charge in [-0.3, -0.25) is 4.79 Å². The van der Waals surface area contributed by atoms with Crippen molar-refractivity contribution in [2.45, 2.75) is 13.8 Å². The molecule has 6 heteroatoms. The second kappa shape index (κ2) is 9.07. The van der Waals surface area contributed by atoms with Crippen LogP contribution in [-0.2, 0) is 4.79 Å². The van der Waals surface area contributed by atoms with Gasteiger partial charge in [-0.05, 0) is 49.8 Å². The quantitative estimate of drug-likeness (QED) is 0.548. The van der Waals surface area contributed by atoms with E-state index in [0.717, 1.165) is 5.56 Å². The number of benzene rings is 2. The Hall–Kier alpha value is -2.78. The van der Waals surface area contributed by atoms with Gasteiger partial charge in [0.25, 0.3) is 5.91 Å². The maximum Gasteiger partial charge on any atom is 0.266 e. The van der Waals surface area contributed by atoms with Gasteiger partial charge in [0.1, 0.15) is 11.6 Å². The summed E-state index contributed by atoms with van der Waals surface area (Å²) in [4.78, 5) is 12.4. The molecule has 0 radical (unpaired) electrons. The molecule has 0 aliphatic rings. The molecule has 0 aromatic heterocycles. The summed E-state index contributed by atoms with van der Waals surface area (Å²) in [5.41, 5.74) is 2.34. The zero-order chi connectivity index (χ0) is 19.1. The molecule has 2 rings (SSSR count). The molecule has 0 aliphatic carbocycles. The number of anilines is 1. The first-order valence-corrected chi connectivity index (χ1v) is 8.78. The van der Waals surface area contributed by atoms with Gasteiger partial charge in [0, 0.05) is 10.2 Å². The van der Waals surface area contributed by atoms with Gasteiger partial charge in [-0.1, -0.05) is 33.6 Å². The summed E-state index contributed by atoms with van der Waals surface area (Å²) in [7, 11) is 1.54. The third-order valence-electron chi connectivity index (χ3n) is 3.56. The number of amides is 1. The Labute approximate surface area is 161 Å². The van der Waals surface area contributed by atoms with Crippen molar-refractivity contribution in [1.29, 1.82) is 5.26 Å². The van der Waals surface area contributed by atoms with Crippen LogP contribution in [0.15, 0.2) is 46.4 Å². The zero-order valence-electron chi connectivity index (χ0n) is 14.8. The fourth-order valence-corrected chi connectivity index (χ4v) is 2.67. The van der Waals surface area contributed by atoms with Crippen LogP contribution in [-0.4, -0.2) is 19.6 Å². The van der Waals surface area contributed by atoms with Crippen LogP contribution in [0.5, 0.6) is 11.5 Å². The lowest BCUT2D eigenvalue weighted by Gasteiger charge is -2.12. The molecule has 0 bridgehead atoms. The van der Waals surface area contributed by atoms with E-state index >= 15 is 0 Å². The highest BCUT2D eigenvalue weighted by molar-refractivity contribution is 9.10. The standard InChI is InChI=1S/C20H19BrN2O3/c1-4-26-19-11-17(21)14(10-18(19)25-3)9-15(12-22)20(24)23-16-7-5-13(2)6-8-16/h5-11H,4H2,1-3H3,(H,23,24)/b15-9-. The molecule has 2 aromatic rings. The van der Waals surface area contributed by atoms with Gasteiger partial charge in [0.05, 0.1) is 13.7 Å². The van der Waals surface area contributed by atoms with E-state index in [9.17, 15) is 10.1 Å². The Kier molecular flexibility index (Phi) is 6.81. The normalized spacial score (nSPS) is 10.8. The highest BCUT2D eigenvalue weighted by Crippen LogP contribution is 2.34. The van der Waals surface area contributed by atoms with Gasteiger partial charge >= 0.3 is 0 Å². The van der Waals surface area contributed by atoms with E-state index in [1.165, 1.54) is 13.2 Å². The first-order chi connectivity index (χ1) is 12.5. The minimum absolute atomic E-state index is 0.0162. The second-order valence-corrected chi connectivity index (χ2v) is 6.30. The predicted molar refractivity (Wildman–Crippen MR) is 105 cm³/mol. The van der Waals surface area contributed by atoms with Crippen molar-refractivity contribution in [1.82, 2.24) is 0 Å². The molecule has 0 saturated carbocycles. The predicted octanol–water partition coefficient (Wildman–Crippen LogP) is 4.71. The lowest BCUT2D eigenvalue weighted by atomic mass is 10.1. The fourth-order valence-electron chi connectivity index (χ4n) is 2.23. The zero-order valence-corrected chi connectivity index (χ0v) is 16.4. The Morgan fingerprint density at radius 1 is 1.27 bits per heavy atom. The molecule has 0 aliphatic heterocycles. The van der Waals surface area contributed by atoms with Crippen LogP contribution in [0.1, 0.15) is 18.1 Å². The van der Waals surface area contributed by atoms with Crippen LogP contribution in [0.2, 0.25) is 0 Å². The average molecular weight is 415 g/mol.